The summed E-state index contributed by atoms with van der Waals surface area (Å²) in [7, 11) is 0. The van der Waals surface area contributed by atoms with Crippen LogP contribution in [-0.4, -0.2) is 5.11 Å². The summed E-state index contributed by atoms with van der Waals surface area (Å²) in [6, 6.07) is 3.69. The maximum atomic E-state index is 12.5. The molecular formula is C8H7FO2. The summed E-state index contributed by atoms with van der Waals surface area (Å²) in [6.07, 6.45) is 0. The molecule has 0 heterocycles. The Kier molecular flexibility index (Phi) is 1.89. The summed E-state index contributed by atoms with van der Waals surface area (Å²) in [5.41, 5.74) is -0.318. The summed E-state index contributed by atoms with van der Waals surface area (Å²) in [5, 5.41) is 8.89. The summed E-state index contributed by atoms with van der Waals surface area (Å²) in [5.74, 6) is -1.49. The molecule has 0 aliphatic carbocycles. The van der Waals surface area contributed by atoms with Crippen molar-refractivity contribution < 1.29 is 9.50 Å². The third-order valence-corrected chi connectivity index (χ3v) is 1.31. The van der Waals surface area contributed by atoms with E-state index in [4.69, 9.17) is 5.11 Å². The Morgan fingerprint density at radius 2 is 2.09 bits per heavy atom. The highest BCUT2D eigenvalue weighted by Crippen LogP contribution is 2.04. The van der Waals surface area contributed by atoms with Gasteiger partial charge in [0.25, 0.3) is 5.43 Å². The lowest BCUT2D eigenvalue weighted by Crippen LogP contribution is -2.00. The smallest absolute Gasteiger partial charge is 0.255 e. The fraction of sp³-hybridized carbons (Fsp3) is 0.125. The van der Waals surface area contributed by atoms with Gasteiger partial charge in [0.1, 0.15) is 0 Å². The molecule has 0 aliphatic heterocycles. The van der Waals surface area contributed by atoms with Crippen molar-refractivity contribution in [1.29, 1.82) is 0 Å². The molecule has 0 unspecified atom stereocenters. The van der Waals surface area contributed by atoms with Crippen molar-refractivity contribution in [3.05, 3.63) is 39.8 Å². The number of hydrogen-bond acceptors (Lipinski definition) is 2. The highest BCUT2D eigenvalue weighted by molar-refractivity contribution is 5.25. The molecule has 0 aliphatic rings. The molecule has 0 aromatic heterocycles. The van der Waals surface area contributed by atoms with Crippen LogP contribution in [0.25, 0.3) is 0 Å². The molecule has 0 saturated carbocycles. The first kappa shape index (κ1) is 7.72. The summed E-state index contributed by atoms with van der Waals surface area (Å²) in [6.45, 7) is 1.67. The fourth-order valence-electron chi connectivity index (χ4n) is 0.732. The van der Waals surface area contributed by atoms with Gasteiger partial charge in [0, 0.05) is 0 Å². The van der Waals surface area contributed by atoms with Gasteiger partial charge in [-0.25, -0.2) is 4.39 Å². The Labute approximate surface area is 62.9 Å². The summed E-state index contributed by atoms with van der Waals surface area (Å²) < 4.78 is 12.5. The number of hydrogen-bond donors (Lipinski definition) is 1. The highest BCUT2D eigenvalue weighted by atomic mass is 19.1. The van der Waals surface area contributed by atoms with Crippen LogP contribution < -0.4 is 5.43 Å². The molecule has 11 heavy (non-hydrogen) atoms. The topological polar surface area (TPSA) is 37.3 Å². The van der Waals surface area contributed by atoms with Crippen LogP contribution in [0.15, 0.2) is 23.0 Å². The van der Waals surface area contributed by atoms with Crippen LogP contribution in [0.5, 0.6) is 5.75 Å². The molecule has 0 saturated heterocycles. The van der Waals surface area contributed by atoms with Gasteiger partial charge in [-0.05, 0) is 24.6 Å². The Hall–Kier alpha value is -1.38. The van der Waals surface area contributed by atoms with Crippen molar-refractivity contribution in [2.75, 3.05) is 0 Å². The molecule has 58 valence electrons. The van der Waals surface area contributed by atoms with Crippen molar-refractivity contribution >= 4 is 0 Å². The Bertz CT molecular complexity index is 333. The van der Waals surface area contributed by atoms with Crippen LogP contribution >= 0.6 is 0 Å². The molecule has 3 heteroatoms. The summed E-state index contributed by atoms with van der Waals surface area (Å²) >= 11 is 0. The number of aryl methyl sites for hydroxylation is 1. The molecule has 0 radical (unpaired) electrons. The predicted molar refractivity (Wildman–Crippen MR) is 39.1 cm³/mol. The highest BCUT2D eigenvalue weighted by Gasteiger charge is 2.00. The molecule has 1 aromatic carbocycles. The van der Waals surface area contributed by atoms with Crippen LogP contribution in [0.4, 0.5) is 4.39 Å². The maximum Gasteiger partial charge on any atom is 0.255 e. The van der Waals surface area contributed by atoms with E-state index in [1.807, 2.05) is 0 Å². The Balaban J connectivity index is 3.57. The third-order valence-electron chi connectivity index (χ3n) is 1.31. The van der Waals surface area contributed by atoms with Crippen molar-refractivity contribution in [3.8, 4) is 5.75 Å². The minimum atomic E-state index is -0.960. The van der Waals surface area contributed by atoms with E-state index in [-0.39, 0.29) is 0 Å². The first-order chi connectivity index (χ1) is 5.11. The monoisotopic (exact) mass is 154 g/mol. The van der Waals surface area contributed by atoms with Gasteiger partial charge in [0.2, 0.25) is 0 Å². The van der Waals surface area contributed by atoms with Crippen molar-refractivity contribution in [2.45, 2.75) is 6.92 Å². The van der Waals surface area contributed by atoms with Crippen LogP contribution in [0.1, 0.15) is 5.56 Å². The second kappa shape index (κ2) is 2.70. The first-order valence-corrected chi connectivity index (χ1v) is 3.10. The van der Waals surface area contributed by atoms with E-state index in [9.17, 15) is 9.18 Å². The van der Waals surface area contributed by atoms with Gasteiger partial charge in [0.05, 0.1) is 0 Å². The van der Waals surface area contributed by atoms with E-state index in [0.717, 1.165) is 6.07 Å². The van der Waals surface area contributed by atoms with Crippen LogP contribution in [0.2, 0.25) is 0 Å². The fourth-order valence-corrected chi connectivity index (χ4v) is 0.732. The van der Waals surface area contributed by atoms with E-state index >= 15 is 0 Å². The van der Waals surface area contributed by atoms with E-state index in [0.29, 0.717) is 5.56 Å². The minimum Gasteiger partial charge on any atom is -0.504 e. The van der Waals surface area contributed by atoms with Gasteiger partial charge >= 0.3 is 0 Å². The molecule has 1 rings (SSSR count). The molecule has 1 N–H and O–H groups in total. The minimum absolute atomic E-state index is 0.551. The zero-order valence-corrected chi connectivity index (χ0v) is 5.97. The van der Waals surface area contributed by atoms with Gasteiger partial charge in [0.15, 0.2) is 11.6 Å². The molecule has 0 fully saturated rings. The van der Waals surface area contributed by atoms with Crippen molar-refractivity contribution in [1.82, 2.24) is 0 Å². The van der Waals surface area contributed by atoms with Gasteiger partial charge in [-0.1, -0.05) is 6.07 Å². The van der Waals surface area contributed by atoms with Crippen LogP contribution in [0.3, 0.4) is 0 Å². The zero-order valence-electron chi connectivity index (χ0n) is 5.97. The largest absolute Gasteiger partial charge is 0.504 e. The van der Waals surface area contributed by atoms with Crippen LogP contribution in [-0.2, 0) is 0 Å². The van der Waals surface area contributed by atoms with Gasteiger partial charge in [-0.2, -0.15) is 0 Å². The van der Waals surface area contributed by atoms with Gasteiger partial charge < -0.3 is 5.11 Å². The second-order valence-electron chi connectivity index (χ2n) is 2.28. The molecular weight excluding hydrogens is 147 g/mol. The van der Waals surface area contributed by atoms with E-state index in [1.54, 1.807) is 6.92 Å². The SMILES string of the molecule is Cc1ccc(F)c(=O)c(O)c1. The molecule has 2 nitrogen and oxygen atoms in total. The lowest BCUT2D eigenvalue weighted by molar-refractivity contribution is 0.464. The van der Waals surface area contributed by atoms with E-state index in [1.165, 1.54) is 12.1 Å². The Morgan fingerprint density at radius 1 is 1.45 bits per heavy atom. The Morgan fingerprint density at radius 3 is 2.73 bits per heavy atom. The zero-order chi connectivity index (χ0) is 8.43. The average Bonchev–Trinajstić information content (AvgIpc) is 2.05. The normalized spacial score (nSPS) is 9.64. The quantitative estimate of drug-likeness (QED) is 0.609. The number of halogens is 1. The molecule has 0 amide bonds. The average molecular weight is 154 g/mol. The van der Waals surface area contributed by atoms with Crippen LogP contribution in [0, 0.1) is 12.7 Å². The predicted octanol–water partition coefficient (Wildman–Crippen LogP) is 1.20. The van der Waals surface area contributed by atoms with Crippen molar-refractivity contribution in [3.63, 3.8) is 0 Å². The van der Waals surface area contributed by atoms with Gasteiger partial charge in [-0.15, -0.1) is 0 Å². The molecule has 0 bridgehead atoms. The second-order valence-corrected chi connectivity index (χ2v) is 2.28. The van der Waals surface area contributed by atoms with E-state index < -0.39 is 17.0 Å². The first-order valence-electron chi connectivity index (χ1n) is 3.10. The number of rotatable bonds is 0. The molecule has 0 spiro atoms. The van der Waals surface area contributed by atoms with Gasteiger partial charge in [-0.3, -0.25) is 4.79 Å². The number of aromatic hydroxyl groups is 1. The third kappa shape index (κ3) is 1.55. The van der Waals surface area contributed by atoms with Crippen molar-refractivity contribution in [2.24, 2.45) is 0 Å². The molecule has 1 aromatic rings. The maximum absolute atomic E-state index is 12.5. The summed E-state index contributed by atoms with van der Waals surface area (Å²) in [4.78, 5) is 10.7. The molecule has 0 atom stereocenters. The lowest BCUT2D eigenvalue weighted by Gasteiger charge is -1.81. The standard InChI is InChI=1S/C8H7FO2/c1-5-2-3-6(9)8(11)7(10)4-5/h2-4H,1H3,(H,10,11). The van der Waals surface area contributed by atoms with E-state index in [2.05, 4.69) is 0 Å². The lowest BCUT2D eigenvalue weighted by atomic mass is 10.3.